The Morgan fingerprint density at radius 3 is 2.25 bits per heavy atom. The lowest BCUT2D eigenvalue weighted by atomic mass is 9.85. The van der Waals surface area contributed by atoms with Crippen LogP contribution in [-0.2, 0) is 4.79 Å². The number of nitrogens with one attached hydrogen (secondary N) is 2. The highest BCUT2D eigenvalue weighted by Crippen LogP contribution is 2.29. The molecule has 2 aromatic carbocycles. The first-order valence-corrected chi connectivity index (χ1v) is 9.63. The van der Waals surface area contributed by atoms with Crippen molar-refractivity contribution in [1.29, 1.82) is 0 Å². The molecular weight excluding hydrogens is 355 g/mol. The van der Waals surface area contributed by atoms with Gasteiger partial charge in [0.05, 0.1) is 6.04 Å². The van der Waals surface area contributed by atoms with Gasteiger partial charge in [-0.3, -0.25) is 9.59 Å². The van der Waals surface area contributed by atoms with E-state index in [-0.39, 0.29) is 29.1 Å². The number of benzene rings is 2. The molecule has 4 nitrogen and oxygen atoms in total. The molecule has 1 atom stereocenters. The number of amides is 2. The molecule has 0 saturated carbocycles. The number of rotatable bonds is 8. The predicted molar refractivity (Wildman–Crippen MR) is 109 cm³/mol. The first kappa shape index (κ1) is 21.6. The summed E-state index contributed by atoms with van der Waals surface area (Å²) in [7, 11) is 0. The second kappa shape index (κ2) is 10.0. The van der Waals surface area contributed by atoms with Crippen LogP contribution in [0.3, 0.4) is 0 Å². The summed E-state index contributed by atoms with van der Waals surface area (Å²) >= 11 is 0. The Hall–Kier alpha value is -2.69. The van der Waals surface area contributed by atoms with Crippen molar-refractivity contribution < 1.29 is 14.0 Å². The third-order valence-electron chi connectivity index (χ3n) is 4.33. The van der Waals surface area contributed by atoms with Gasteiger partial charge in [-0.2, -0.15) is 0 Å². The second-order valence-corrected chi connectivity index (χ2v) is 8.16. The van der Waals surface area contributed by atoms with E-state index in [0.717, 1.165) is 12.0 Å². The van der Waals surface area contributed by atoms with Gasteiger partial charge < -0.3 is 10.6 Å². The third-order valence-corrected chi connectivity index (χ3v) is 4.33. The van der Waals surface area contributed by atoms with Gasteiger partial charge in [-0.25, -0.2) is 4.39 Å². The maximum absolute atomic E-state index is 13.2. The standard InChI is InChI=1S/C23H29FN2O2/c1-23(2,3)16-20(17-11-13-19(24)14-12-17)26-21(27)10-7-15-25-22(28)18-8-5-4-6-9-18/h4-6,8-9,11-14,20H,7,10,15-16H2,1-3H3,(H,25,28)(H,26,27). The number of halogens is 1. The minimum absolute atomic E-state index is 0.00991. The van der Waals surface area contributed by atoms with Crippen LogP contribution >= 0.6 is 0 Å². The van der Waals surface area contributed by atoms with Crippen molar-refractivity contribution in [2.45, 2.75) is 46.1 Å². The van der Waals surface area contributed by atoms with E-state index in [2.05, 4.69) is 31.4 Å². The summed E-state index contributed by atoms with van der Waals surface area (Å²) in [6.07, 6.45) is 1.61. The smallest absolute Gasteiger partial charge is 0.251 e. The first-order valence-electron chi connectivity index (χ1n) is 9.63. The molecule has 2 aromatic rings. The molecule has 0 spiro atoms. The topological polar surface area (TPSA) is 58.2 Å². The van der Waals surface area contributed by atoms with Crippen LogP contribution in [0.15, 0.2) is 54.6 Å². The molecule has 0 aromatic heterocycles. The molecule has 5 heteroatoms. The van der Waals surface area contributed by atoms with Crippen molar-refractivity contribution in [3.8, 4) is 0 Å². The van der Waals surface area contributed by atoms with Gasteiger partial charge >= 0.3 is 0 Å². The summed E-state index contributed by atoms with van der Waals surface area (Å²) in [5, 5.41) is 5.88. The zero-order valence-electron chi connectivity index (χ0n) is 16.8. The number of carbonyl (C=O) groups excluding carboxylic acids is 2. The molecule has 150 valence electrons. The van der Waals surface area contributed by atoms with Crippen LogP contribution in [0.2, 0.25) is 0 Å². The normalized spacial score (nSPS) is 12.3. The largest absolute Gasteiger partial charge is 0.352 e. The van der Waals surface area contributed by atoms with Crippen LogP contribution in [0.25, 0.3) is 0 Å². The van der Waals surface area contributed by atoms with Gasteiger partial charge in [0.1, 0.15) is 5.82 Å². The molecule has 0 fully saturated rings. The molecule has 0 bridgehead atoms. The van der Waals surface area contributed by atoms with Gasteiger partial charge in [0, 0.05) is 18.5 Å². The van der Waals surface area contributed by atoms with Crippen molar-refractivity contribution in [1.82, 2.24) is 10.6 Å². The average molecular weight is 384 g/mol. The van der Waals surface area contributed by atoms with E-state index in [1.807, 2.05) is 18.2 Å². The lowest BCUT2D eigenvalue weighted by molar-refractivity contribution is -0.122. The van der Waals surface area contributed by atoms with Crippen molar-refractivity contribution in [2.24, 2.45) is 5.41 Å². The van der Waals surface area contributed by atoms with Crippen LogP contribution in [-0.4, -0.2) is 18.4 Å². The number of hydrogen-bond acceptors (Lipinski definition) is 2. The summed E-state index contributed by atoms with van der Waals surface area (Å²) in [5.74, 6) is -0.510. The fourth-order valence-electron chi connectivity index (χ4n) is 2.97. The molecule has 0 aliphatic heterocycles. The molecule has 1 unspecified atom stereocenters. The van der Waals surface area contributed by atoms with Gasteiger partial charge in [0.15, 0.2) is 0 Å². The van der Waals surface area contributed by atoms with E-state index in [4.69, 9.17) is 0 Å². The van der Waals surface area contributed by atoms with E-state index in [9.17, 15) is 14.0 Å². The Labute approximate surface area is 166 Å². The van der Waals surface area contributed by atoms with Gasteiger partial charge in [0.2, 0.25) is 5.91 Å². The van der Waals surface area contributed by atoms with Gasteiger partial charge in [-0.15, -0.1) is 0 Å². The lowest BCUT2D eigenvalue weighted by Crippen LogP contribution is -2.32. The number of hydrogen-bond donors (Lipinski definition) is 2. The monoisotopic (exact) mass is 384 g/mol. The fraction of sp³-hybridized carbons (Fsp3) is 0.391. The molecule has 2 rings (SSSR count). The van der Waals surface area contributed by atoms with Crippen molar-refractivity contribution in [3.63, 3.8) is 0 Å². The van der Waals surface area contributed by atoms with E-state index in [1.165, 1.54) is 12.1 Å². The average Bonchev–Trinajstić information content (AvgIpc) is 2.65. The number of carbonyl (C=O) groups is 2. The molecule has 0 saturated heterocycles. The molecule has 0 heterocycles. The predicted octanol–water partition coefficient (Wildman–Crippen LogP) is 4.63. The molecule has 28 heavy (non-hydrogen) atoms. The second-order valence-electron chi connectivity index (χ2n) is 8.16. The highest BCUT2D eigenvalue weighted by Gasteiger charge is 2.22. The van der Waals surface area contributed by atoms with E-state index in [1.54, 1.807) is 24.3 Å². The molecule has 0 aliphatic rings. The van der Waals surface area contributed by atoms with E-state index >= 15 is 0 Å². The molecule has 2 N–H and O–H groups in total. The zero-order valence-corrected chi connectivity index (χ0v) is 16.8. The van der Waals surface area contributed by atoms with Crippen LogP contribution in [0, 0.1) is 11.2 Å². The summed E-state index contributed by atoms with van der Waals surface area (Å²) in [4.78, 5) is 24.4. The Balaban J connectivity index is 1.84. The Morgan fingerprint density at radius 2 is 1.64 bits per heavy atom. The highest BCUT2D eigenvalue weighted by atomic mass is 19.1. The third kappa shape index (κ3) is 7.51. The summed E-state index contributed by atoms with van der Waals surface area (Å²) in [6.45, 7) is 6.75. The Morgan fingerprint density at radius 1 is 1.00 bits per heavy atom. The maximum atomic E-state index is 13.2. The molecule has 0 radical (unpaired) electrons. The first-order chi connectivity index (χ1) is 13.2. The summed E-state index contributed by atoms with van der Waals surface area (Å²) < 4.78 is 13.2. The van der Waals surface area contributed by atoms with Gasteiger partial charge in [-0.1, -0.05) is 51.1 Å². The van der Waals surface area contributed by atoms with Crippen molar-refractivity contribution >= 4 is 11.8 Å². The molecule has 2 amide bonds. The Kier molecular flexibility index (Phi) is 7.73. The van der Waals surface area contributed by atoms with Gasteiger partial charge in [-0.05, 0) is 48.1 Å². The van der Waals surface area contributed by atoms with Crippen molar-refractivity contribution in [2.75, 3.05) is 6.54 Å². The lowest BCUT2D eigenvalue weighted by Gasteiger charge is -2.27. The zero-order chi connectivity index (χ0) is 20.6. The SMILES string of the molecule is CC(C)(C)CC(NC(=O)CCCNC(=O)c1ccccc1)c1ccc(F)cc1. The summed E-state index contributed by atoms with van der Waals surface area (Å²) in [6, 6.07) is 15.1. The van der Waals surface area contributed by atoms with Crippen molar-refractivity contribution in [3.05, 3.63) is 71.5 Å². The van der Waals surface area contributed by atoms with Crippen LogP contribution in [0.5, 0.6) is 0 Å². The van der Waals surface area contributed by atoms with E-state index in [0.29, 0.717) is 24.9 Å². The minimum atomic E-state index is -0.293. The fourth-order valence-corrected chi connectivity index (χ4v) is 2.97. The van der Waals surface area contributed by atoms with E-state index < -0.39 is 0 Å². The highest BCUT2D eigenvalue weighted by molar-refractivity contribution is 5.94. The van der Waals surface area contributed by atoms with Crippen LogP contribution < -0.4 is 10.6 Å². The molecular formula is C23H29FN2O2. The van der Waals surface area contributed by atoms with Crippen LogP contribution in [0.1, 0.15) is 62.0 Å². The van der Waals surface area contributed by atoms with Gasteiger partial charge in [0.25, 0.3) is 5.91 Å². The van der Waals surface area contributed by atoms with Crippen LogP contribution in [0.4, 0.5) is 4.39 Å². The maximum Gasteiger partial charge on any atom is 0.251 e. The molecule has 0 aliphatic carbocycles. The quantitative estimate of drug-likeness (QED) is 0.652. The minimum Gasteiger partial charge on any atom is -0.352 e. The Bertz CT molecular complexity index is 767. The summed E-state index contributed by atoms with van der Waals surface area (Å²) in [5.41, 5.74) is 1.51.